The van der Waals surface area contributed by atoms with Gasteiger partial charge in [-0.3, -0.25) is 14.4 Å². The Hall–Kier alpha value is -3.17. The summed E-state index contributed by atoms with van der Waals surface area (Å²) in [5.41, 5.74) is -0.464. The minimum Gasteiger partial charge on any atom is -0.494 e. The zero-order valence-corrected chi connectivity index (χ0v) is 25.5. The molecule has 9 heteroatoms. The third-order valence-corrected chi connectivity index (χ3v) is 9.22. The SMILES string of the molecule is C=CCN(C(=O)[C@@H]1[C@H]2C(=O)N([C@@H](CC)CO)C(C(=O)N(CC=C)C(C)CCC)C23CC[C@H]1O3)c1ccc(OCC)cc1. The van der Waals surface area contributed by atoms with Crippen LogP contribution in [0.1, 0.15) is 59.8 Å². The Kier molecular flexibility index (Phi) is 10.1. The Balaban J connectivity index is 1.75. The molecule has 7 atom stereocenters. The number of anilines is 1. The molecule has 1 N–H and O–H groups in total. The van der Waals surface area contributed by atoms with Gasteiger partial charge in [-0.1, -0.05) is 32.4 Å². The molecule has 3 unspecified atom stereocenters. The van der Waals surface area contributed by atoms with E-state index in [1.54, 1.807) is 26.9 Å². The number of hydrogen-bond acceptors (Lipinski definition) is 6. The molecule has 1 aromatic rings. The smallest absolute Gasteiger partial charge is 0.248 e. The van der Waals surface area contributed by atoms with Crippen molar-refractivity contribution in [3.8, 4) is 5.75 Å². The van der Waals surface area contributed by atoms with Crippen molar-refractivity contribution in [1.82, 2.24) is 9.80 Å². The van der Waals surface area contributed by atoms with Gasteiger partial charge in [0.25, 0.3) is 0 Å². The first-order valence-corrected chi connectivity index (χ1v) is 15.4. The number of hydrogen-bond donors (Lipinski definition) is 1. The predicted octanol–water partition coefficient (Wildman–Crippen LogP) is 3.95. The average molecular weight is 582 g/mol. The summed E-state index contributed by atoms with van der Waals surface area (Å²) in [5, 5.41) is 10.3. The number of carbonyl (C=O) groups is 3. The highest BCUT2D eigenvalue weighted by Crippen LogP contribution is 2.59. The molecule has 0 saturated carbocycles. The Labute approximate surface area is 250 Å². The van der Waals surface area contributed by atoms with Crippen molar-refractivity contribution in [3.05, 3.63) is 49.6 Å². The topological polar surface area (TPSA) is 99.6 Å². The van der Waals surface area contributed by atoms with E-state index < -0.39 is 35.6 Å². The van der Waals surface area contributed by atoms with Crippen LogP contribution >= 0.6 is 0 Å². The molecular weight excluding hydrogens is 534 g/mol. The fourth-order valence-electron chi connectivity index (χ4n) is 7.34. The summed E-state index contributed by atoms with van der Waals surface area (Å²) < 4.78 is 12.2. The molecule has 3 aliphatic rings. The number of aliphatic hydroxyl groups excluding tert-OH is 1. The number of aliphatic hydroxyl groups is 1. The van der Waals surface area contributed by atoms with E-state index in [1.165, 1.54) is 0 Å². The van der Waals surface area contributed by atoms with Crippen LogP contribution in [0.2, 0.25) is 0 Å². The second-order valence-corrected chi connectivity index (χ2v) is 11.6. The number of nitrogens with zero attached hydrogens (tertiary/aromatic N) is 3. The molecule has 1 spiro atoms. The number of amides is 3. The van der Waals surface area contributed by atoms with E-state index in [9.17, 15) is 19.5 Å². The molecule has 0 aliphatic carbocycles. The minimum atomic E-state index is -1.13. The maximum Gasteiger partial charge on any atom is 0.248 e. The average Bonchev–Trinajstić information content (AvgIpc) is 3.63. The number of rotatable bonds is 15. The summed E-state index contributed by atoms with van der Waals surface area (Å²) in [6.45, 7) is 16.5. The van der Waals surface area contributed by atoms with Crippen LogP contribution in [0, 0.1) is 11.8 Å². The monoisotopic (exact) mass is 581 g/mol. The second kappa shape index (κ2) is 13.4. The first-order valence-electron chi connectivity index (χ1n) is 15.4. The lowest BCUT2D eigenvalue weighted by molar-refractivity contribution is -0.152. The van der Waals surface area contributed by atoms with Gasteiger partial charge < -0.3 is 29.3 Å². The van der Waals surface area contributed by atoms with Crippen LogP contribution < -0.4 is 9.64 Å². The number of ether oxygens (including phenoxy) is 2. The second-order valence-electron chi connectivity index (χ2n) is 11.6. The van der Waals surface area contributed by atoms with Crippen LogP contribution in [0.5, 0.6) is 5.75 Å². The summed E-state index contributed by atoms with van der Waals surface area (Å²) in [6.07, 6.45) is 6.13. The minimum absolute atomic E-state index is 0.0686. The van der Waals surface area contributed by atoms with Crippen LogP contribution in [0.3, 0.4) is 0 Å². The zero-order valence-electron chi connectivity index (χ0n) is 25.5. The van der Waals surface area contributed by atoms with Gasteiger partial charge in [0.15, 0.2) is 0 Å². The van der Waals surface area contributed by atoms with Gasteiger partial charge in [0.2, 0.25) is 17.7 Å². The predicted molar refractivity (Wildman–Crippen MR) is 162 cm³/mol. The van der Waals surface area contributed by atoms with Crippen molar-refractivity contribution in [2.75, 3.05) is 31.2 Å². The standard InChI is InChI=1S/C33H47N3O6/c1-7-12-22(6)34(19-8-2)32(40)29-33-18-17-26(42-33)27(28(33)31(39)36(29)23(10-4)21-37)30(38)35(20-9-3)24-13-15-25(16-14-24)41-11-5/h8-9,13-16,22-23,26-29,37H,2-3,7,10-12,17-21H2,1,4-6H3/t22?,23-,26+,27-,28-,29?,33?/m0/s1. The molecular formula is C33H47N3O6. The zero-order chi connectivity index (χ0) is 30.6. The van der Waals surface area contributed by atoms with Gasteiger partial charge in [0.1, 0.15) is 17.4 Å². The summed E-state index contributed by atoms with van der Waals surface area (Å²) in [6, 6.07) is 5.73. The van der Waals surface area contributed by atoms with Gasteiger partial charge in [-0.05, 0) is 63.8 Å². The van der Waals surface area contributed by atoms with Gasteiger partial charge in [-0.2, -0.15) is 0 Å². The first-order chi connectivity index (χ1) is 20.2. The number of carbonyl (C=O) groups excluding carboxylic acids is 3. The van der Waals surface area contributed by atoms with E-state index in [0.29, 0.717) is 43.9 Å². The van der Waals surface area contributed by atoms with Crippen molar-refractivity contribution in [3.63, 3.8) is 0 Å². The summed E-state index contributed by atoms with van der Waals surface area (Å²) >= 11 is 0. The lowest BCUT2D eigenvalue weighted by atomic mass is 9.70. The molecule has 3 heterocycles. The van der Waals surface area contributed by atoms with Gasteiger partial charge >= 0.3 is 0 Å². The normalized spacial score (nSPS) is 27.4. The van der Waals surface area contributed by atoms with E-state index in [4.69, 9.17) is 9.47 Å². The van der Waals surface area contributed by atoms with E-state index >= 15 is 0 Å². The summed E-state index contributed by atoms with van der Waals surface area (Å²) in [4.78, 5) is 48.2. The van der Waals surface area contributed by atoms with Crippen LogP contribution in [0.15, 0.2) is 49.6 Å². The molecule has 3 amide bonds. The highest BCUT2D eigenvalue weighted by molar-refractivity contribution is 6.03. The van der Waals surface area contributed by atoms with Crippen LogP contribution in [-0.2, 0) is 19.1 Å². The molecule has 9 nitrogen and oxygen atoms in total. The highest BCUT2D eigenvalue weighted by atomic mass is 16.5. The molecule has 4 rings (SSSR count). The van der Waals surface area contributed by atoms with Crippen molar-refractivity contribution >= 4 is 23.4 Å². The lowest BCUT2D eigenvalue weighted by Gasteiger charge is -2.40. The molecule has 1 aromatic carbocycles. The van der Waals surface area contributed by atoms with Crippen molar-refractivity contribution in [1.29, 1.82) is 0 Å². The van der Waals surface area contributed by atoms with Gasteiger partial charge in [0, 0.05) is 24.8 Å². The Bertz CT molecular complexity index is 1150. The van der Waals surface area contributed by atoms with Crippen LogP contribution in [0.25, 0.3) is 0 Å². The Morgan fingerprint density at radius 1 is 1.17 bits per heavy atom. The van der Waals surface area contributed by atoms with Crippen molar-refractivity contribution in [2.45, 2.75) is 89.6 Å². The third-order valence-electron chi connectivity index (χ3n) is 9.22. The maximum absolute atomic E-state index is 14.5. The Morgan fingerprint density at radius 3 is 2.43 bits per heavy atom. The van der Waals surface area contributed by atoms with E-state index in [1.807, 2.05) is 45.0 Å². The van der Waals surface area contributed by atoms with Gasteiger partial charge in [-0.15, -0.1) is 13.2 Å². The third kappa shape index (κ3) is 5.37. The Morgan fingerprint density at radius 2 is 1.86 bits per heavy atom. The molecule has 3 fully saturated rings. The van der Waals surface area contributed by atoms with Crippen molar-refractivity contribution in [2.24, 2.45) is 11.8 Å². The first kappa shape index (κ1) is 31.8. The van der Waals surface area contributed by atoms with Crippen molar-refractivity contribution < 1.29 is 29.0 Å². The molecule has 42 heavy (non-hydrogen) atoms. The van der Waals surface area contributed by atoms with Gasteiger partial charge in [0.05, 0.1) is 37.2 Å². The summed E-state index contributed by atoms with van der Waals surface area (Å²) in [5.74, 6) is -1.59. The molecule has 230 valence electrons. The van der Waals surface area contributed by atoms with E-state index in [-0.39, 0.29) is 36.9 Å². The molecule has 2 bridgehead atoms. The number of benzene rings is 1. The number of likely N-dealkylation sites (tertiary alicyclic amines) is 1. The maximum atomic E-state index is 14.5. The summed E-state index contributed by atoms with van der Waals surface area (Å²) in [7, 11) is 0. The van der Waals surface area contributed by atoms with E-state index in [2.05, 4.69) is 20.1 Å². The van der Waals surface area contributed by atoms with Crippen LogP contribution in [0.4, 0.5) is 5.69 Å². The fraction of sp³-hybridized carbons (Fsp3) is 0.606. The van der Waals surface area contributed by atoms with Gasteiger partial charge in [-0.25, -0.2) is 0 Å². The quantitative estimate of drug-likeness (QED) is 0.315. The molecule has 0 radical (unpaired) electrons. The molecule has 0 aromatic heterocycles. The number of fused-ring (bicyclic) bond motifs is 1. The molecule has 3 saturated heterocycles. The highest BCUT2D eigenvalue weighted by Gasteiger charge is 2.75. The fourth-order valence-corrected chi connectivity index (χ4v) is 7.34. The van der Waals surface area contributed by atoms with E-state index in [0.717, 1.165) is 12.8 Å². The largest absolute Gasteiger partial charge is 0.494 e. The lowest BCUT2D eigenvalue weighted by Crippen LogP contribution is -2.60. The van der Waals surface area contributed by atoms with Crippen LogP contribution in [-0.4, -0.2) is 88.8 Å². The molecule has 3 aliphatic heterocycles.